The van der Waals surface area contributed by atoms with Crippen LogP contribution in [0.1, 0.15) is 43.0 Å². The number of hydrogen-bond acceptors (Lipinski definition) is 7. The van der Waals surface area contributed by atoms with Crippen LogP contribution in [0.4, 0.5) is 0 Å². The first-order valence-corrected chi connectivity index (χ1v) is 11.7. The first kappa shape index (κ1) is 22.9. The summed E-state index contributed by atoms with van der Waals surface area (Å²) in [5.41, 5.74) is 10.3. The Morgan fingerprint density at radius 1 is 1.18 bits per heavy atom. The molecule has 4 rings (SSSR count). The van der Waals surface area contributed by atoms with Crippen LogP contribution in [0.5, 0.6) is 5.19 Å². The van der Waals surface area contributed by atoms with Gasteiger partial charge in [-0.3, -0.25) is 0 Å². The summed E-state index contributed by atoms with van der Waals surface area (Å²) in [5, 5.41) is 2.05. The van der Waals surface area contributed by atoms with Gasteiger partial charge in [0.25, 0.3) is 5.19 Å². The number of fused-ring (bicyclic) bond motifs is 3. The molecule has 1 aliphatic rings. The molecule has 2 aromatic carbocycles. The molecule has 0 bridgehead atoms. The summed E-state index contributed by atoms with van der Waals surface area (Å²) in [6.07, 6.45) is 1.59. The molecule has 1 heterocycles. The highest BCUT2D eigenvalue weighted by Crippen LogP contribution is 2.44. The Hall–Kier alpha value is -3.25. The zero-order valence-electron chi connectivity index (χ0n) is 18.6. The molecule has 33 heavy (non-hydrogen) atoms. The van der Waals surface area contributed by atoms with E-state index in [2.05, 4.69) is 29.2 Å². The van der Waals surface area contributed by atoms with E-state index in [4.69, 9.17) is 15.2 Å². The quantitative estimate of drug-likeness (QED) is 0.373. The molecule has 6 nitrogen and oxygen atoms in total. The van der Waals surface area contributed by atoms with E-state index in [-0.39, 0.29) is 25.0 Å². The minimum absolute atomic E-state index is 0.0471. The number of nitrogens with zero attached hydrogens (tertiary/aromatic N) is 1. The van der Waals surface area contributed by atoms with Gasteiger partial charge in [-0.2, -0.15) is 0 Å². The fraction of sp³-hybridized carbons (Fsp3) is 0.308. The Morgan fingerprint density at radius 2 is 1.82 bits per heavy atom. The van der Waals surface area contributed by atoms with Gasteiger partial charge in [0.05, 0.1) is 5.69 Å². The first-order valence-electron chi connectivity index (χ1n) is 10.9. The SMILES string of the molecule is CC(C)C[C@@](N)(C(=O)OCC1c2ccccc2-c2ccccc21)c1csc(OCC=C=O)n1. The van der Waals surface area contributed by atoms with Crippen molar-refractivity contribution >= 4 is 23.2 Å². The smallest absolute Gasteiger partial charge is 0.332 e. The van der Waals surface area contributed by atoms with Crippen molar-refractivity contribution < 1.29 is 19.1 Å². The molecule has 0 saturated heterocycles. The fourth-order valence-electron chi connectivity index (χ4n) is 4.34. The van der Waals surface area contributed by atoms with Crippen LogP contribution >= 0.6 is 11.3 Å². The minimum atomic E-state index is -1.40. The number of nitrogens with two attached hydrogens (primary N) is 1. The molecule has 0 saturated carbocycles. The van der Waals surface area contributed by atoms with Gasteiger partial charge in [0.15, 0.2) is 5.54 Å². The highest BCUT2D eigenvalue weighted by atomic mass is 32.1. The van der Waals surface area contributed by atoms with E-state index >= 15 is 0 Å². The van der Waals surface area contributed by atoms with E-state index < -0.39 is 11.5 Å². The number of thiazole rings is 1. The monoisotopic (exact) mass is 462 g/mol. The average Bonchev–Trinajstić information content (AvgIpc) is 3.41. The van der Waals surface area contributed by atoms with Gasteiger partial charge in [-0.05, 0) is 34.6 Å². The van der Waals surface area contributed by atoms with Crippen molar-refractivity contribution in [3.05, 3.63) is 76.8 Å². The minimum Gasteiger partial charge on any atom is -0.465 e. The maximum Gasteiger partial charge on any atom is 0.332 e. The maximum atomic E-state index is 13.4. The van der Waals surface area contributed by atoms with Gasteiger partial charge in [-0.25, -0.2) is 14.6 Å². The number of aromatic nitrogens is 1. The summed E-state index contributed by atoms with van der Waals surface area (Å²) < 4.78 is 11.3. The molecule has 3 aromatic rings. The van der Waals surface area contributed by atoms with Crippen molar-refractivity contribution in [2.24, 2.45) is 11.7 Å². The highest BCUT2D eigenvalue weighted by Gasteiger charge is 2.42. The van der Waals surface area contributed by atoms with E-state index in [1.54, 1.807) is 11.3 Å². The zero-order chi connectivity index (χ0) is 23.4. The summed E-state index contributed by atoms with van der Waals surface area (Å²) in [4.78, 5) is 28.1. The number of rotatable bonds is 9. The zero-order valence-corrected chi connectivity index (χ0v) is 19.4. The predicted octanol–water partition coefficient (Wildman–Crippen LogP) is 4.47. The molecule has 2 N–H and O–H groups in total. The molecule has 1 atom stereocenters. The van der Waals surface area contributed by atoms with Crippen LogP contribution in [-0.2, 0) is 19.9 Å². The topological polar surface area (TPSA) is 91.5 Å². The van der Waals surface area contributed by atoms with Crippen molar-refractivity contribution in [3.63, 3.8) is 0 Å². The van der Waals surface area contributed by atoms with Gasteiger partial charge in [0, 0.05) is 17.4 Å². The third-order valence-electron chi connectivity index (χ3n) is 5.75. The molecule has 0 aliphatic heterocycles. The van der Waals surface area contributed by atoms with Gasteiger partial charge >= 0.3 is 5.97 Å². The molecule has 170 valence electrons. The predicted molar refractivity (Wildman–Crippen MR) is 128 cm³/mol. The molecule has 1 aromatic heterocycles. The summed E-state index contributed by atoms with van der Waals surface area (Å²) in [5.74, 6) is 1.23. The molecular formula is C26H26N2O4S. The summed E-state index contributed by atoms with van der Waals surface area (Å²) in [6, 6.07) is 16.4. The van der Waals surface area contributed by atoms with Crippen LogP contribution in [0, 0.1) is 5.92 Å². The Morgan fingerprint density at radius 3 is 2.42 bits per heavy atom. The van der Waals surface area contributed by atoms with Gasteiger partial charge in [-0.1, -0.05) is 73.7 Å². The molecule has 0 radical (unpaired) electrons. The number of carbonyl (C=O) groups is 1. The van der Waals surface area contributed by atoms with Gasteiger partial charge in [-0.15, -0.1) is 0 Å². The van der Waals surface area contributed by atoms with E-state index in [0.29, 0.717) is 17.3 Å². The third-order valence-corrected chi connectivity index (χ3v) is 6.50. The lowest BCUT2D eigenvalue weighted by molar-refractivity contribution is -0.151. The van der Waals surface area contributed by atoms with Crippen LogP contribution in [0.3, 0.4) is 0 Å². The van der Waals surface area contributed by atoms with Gasteiger partial charge in [0.2, 0.25) is 0 Å². The van der Waals surface area contributed by atoms with Gasteiger partial charge in [0.1, 0.15) is 19.2 Å². The number of benzene rings is 2. The van der Waals surface area contributed by atoms with Crippen molar-refractivity contribution in [2.75, 3.05) is 13.2 Å². The summed E-state index contributed by atoms with van der Waals surface area (Å²) >= 11 is 1.23. The average molecular weight is 463 g/mol. The van der Waals surface area contributed by atoms with Crippen LogP contribution < -0.4 is 10.5 Å². The fourth-order valence-corrected chi connectivity index (χ4v) is 5.10. The Labute approximate surface area is 197 Å². The first-order chi connectivity index (χ1) is 15.9. The van der Waals surface area contributed by atoms with E-state index in [9.17, 15) is 9.59 Å². The Balaban J connectivity index is 1.56. The standard InChI is InChI=1S/C26H26N2O4S/c1-17(2)14-26(27,23-16-33-25(28-23)31-13-7-12-29)24(30)32-15-22-20-10-5-3-8-18(20)19-9-4-6-11-21(19)22/h3-11,16-17,22H,13-15,27H2,1-2H3/t26-/m0/s1. The normalized spacial score (nSPS) is 14.2. The van der Waals surface area contributed by atoms with E-state index in [0.717, 1.165) is 11.1 Å². The summed E-state index contributed by atoms with van der Waals surface area (Å²) in [6.45, 7) is 4.25. The molecule has 1 aliphatic carbocycles. The largest absolute Gasteiger partial charge is 0.465 e. The molecule has 0 amide bonds. The van der Waals surface area contributed by atoms with Gasteiger partial charge < -0.3 is 15.2 Å². The second-order valence-corrected chi connectivity index (χ2v) is 9.35. The lowest BCUT2D eigenvalue weighted by Gasteiger charge is -2.28. The van der Waals surface area contributed by atoms with E-state index in [1.165, 1.54) is 28.5 Å². The van der Waals surface area contributed by atoms with Crippen molar-refractivity contribution in [1.29, 1.82) is 0 Å². The lowest BCUT2D eigenvalue weighted by Crippen LogP contribution is -2.47. The van der Waals surface area contributed by atoms with Crippen LogP contribution in [-0.4, -0.2) is 30.1 Å². The highest BCUT2D eigenvalue weighted by molar-refractivity contribution is 7.11. The van der Waals surface area contributed by atoms with Crippen molar-refractivity contribution in [2.45, 2.75) is 31.7 Å². The summed E-state index contributed by atoms with van der Waals surface area (Å²) in [7, 11) is 0. The van der Waals surface area contributed by atoms with Crippen LogP contribution in [0.25, 0.3) is 11.1 Å². The Bertz CT molecular complexity index is 1150. The van der Waals surface area contributed by atoms with Crippen LogP contribution in [0.15, 0.2) is 60.0 Å². The third kappa shape index (κ3) is 4.62. The molecule has 7 heteroatoms. The second kappa shape index (κ2) is 9.71. The lowest BCUT2D eigenvalue weighted by atomic mass is 9.87. The number of hydrogen-bond donors (Lipinski definition) is 1. The number of ether oxygens (including phenoxy) is 2. The number of esters is 1. The molecular weight excluding hydrogens is 436 g/mol. The molecule has 0 spiro atoms. The van der Waals surface area contributed by atoms with Crippen LogP contribution in [0.2, 0.25) is 0 Å². The second-order valence-electron chi connectivity index (χ2n) is 8.53. The van der Waals surface area contributed by atoms with Crippen molar-refractivity contribution in [3.8, 4) is 16.3 Å². The number of carbonyl (C=O) groups excluding carboxylic acids is 2. The van der Waals surface area contributed by atoms with E-state index in [1.807, 2.05) is 38.1 Å². The maximum absolute atomic E-state index is 13.4. The van der Waals surface area contributed by atoms with Crippen molar-refractivity contribution in [1.82, 2.24) is 4.98 Å². The molecule has 0 unspecified atom stereocenters. The molecule has 0 fully saturated rings. The Kier molecular flexibility index (Phi) is 6.75.